The summed E-state index contributed by atoms with van der Waals surface area (Å²) in [6, 6.07) is 1.90. The van der Waals surface area contributed by atoms with Gasteiger partial charge in [-0.15, -0.1) is 0 Å². The maximum absolute atomic E-state index is 5.86. The zero-order valence-electron chi connectivity index (χ0n) is 6.87. The van der Waals surface area contributed by atoms with Crippen LogP contribution in [0.2, 0.25) is 5.15 Å². The fourth-order valence-electron chi connectivity index (χ4n) is 1.20. The van der Waals surface area contributed by atoms with Gasteiger partial charge in [-0.2, -0.15) is 0 Å². The van der Waals surface area contributed by atoms with Crippen molar-refractivity contribution in [2.24, 2.45) is 7.05 Å². The summed E-state index contributed by atoms with van der Waals surface area (Å²) in [4.78, 5) is 8.23. The van der Waals surface area contributed by atoms with Gasteiger partial charge >= 0.3 is 0 Å². The average molecular weight is 182 g/mol. The third-order valence-electron chi connectivity index (χ3n) is 1.98. The molecule has 0 radical (unpaired) electrons. The zero-order valence-corrected chi connectivity index (χ0v) is 7.63. The van der Waals surface area contributed by atoms with E-state index >= 15 is 0 Å². The fourth-order valence-corrected chi connectivity index (χ4v) is 1.40. The van der Waals surface area contributed by atoms with Crippen molar-refractivity contribution in [1.29, 1.82) is 0 Å². The number of aryl methyl sites for hydroxylation is 2. The van der Waals surface area contributed by atoms with Gasteiger partial charge in [-0.25, -0.2) is 9.97 Å². The Hall–Kier alpha value is -1.09. The quantitative estimate of drug-likeness (QED) is 0.582. The minimum Gasteiger partial charge on any atom is -0.331 e. The topological polar surface area (TPSA) is 30.7 Å². The average Bonchev–Trinajstić information content (AvgIpc) is 2.32. The summed E-state index contributed by atoms with van der Waals surface area (Å²) < 4.78 is 1.99. The highest BCUT2D eigenvalue weighted by atomic mass is 35.5. The largest absolute Gasteiger partial charge is 0.331 e. The molecule has 0 saturated carbocycles. The summed E-state index contributed by atoms with van der Waals surface area (Å²) in [5.74, 6) is 0.944. The molecule has 0 amide bonds. The van der Waals surface area contributed by atoms with E-state index in [0.717, 1.165) is 16.9 Å². The highest BCUT2D eigenvalue weighted by molar-refractivity contribution is 6.33. The standard InChI is InChI=1S/C8H8ClN3/c1-5-11-7-6(12(5)2)3-4-10-8(7)9/h3-4H,1-2H3. The molecular formula is C8H8ClN3. The lowest BCUT2D eigenvalue weighted by Gasteiger charge is -1.94. The van der Waals surface area contributed by atoms with E-state index in [2.05, 4.69) is 9.97 Å². The summed E-state index contributed by atoms with van der Waals surface area (Å²) in [5.41, 5.74) is 1.80. The monoisotopic (exact) mass is 181 g/mol. The second-order valence-corrected chi connectivity index (χ2v) is 3.05. The van der Waals surface area contributed by atoms with Crippen LogP contribution in [0.5, 0.6) is 0 Å². The Bertz CT molecular complexity index is 433. The Labute approximate surface area is 75.0 Å². The number of nitrogens with zero attached hydrogens (tertiary/aromatic N) is 3. The zero-order chi connectivity index (χ0) is 8.72. The smallest absolute Gasteiger partial charge is 0.156 e. The van der Waals surface area contributed by atoms with Crippen molar-refractivity contribution < 1.29 is 0 Å². The van der Waals surface area contributed by atoms with Crippen LogP contribution in [-0.4, -0.2) is 14.5 Å². The number of halogens is 1. The van der Waals surface area contributed by atoms with Gasteiger partial charge in [0.25, 0.3) is 0 Å². The van der Waals surface area contributed by atoms with Crippen LogP contribution in [0.4, 0.5) is 0 Å². The first-order valence-electron chi connectivity index (χ1n) is 3.63. The van der Waals surface area contributed by atoms with Crippen LogP contribution in [0.25, 0.3) is 11.0 Å². The van der Waals surface area contributed by atoms with Crippen LogP contribution in [0, 0.1) is 6.92 Å². The van der Waals surface area contributed by atoms with E-state index in [1.807, 2.05) is 24.6 Å². The molecule has 2 rings (SSSR count). The first-order valence-corrected chi connectivity index (χ1v) is 4.01. The second-order valence-electron chi connectivity index (χ2n) is 2.69. The van der Waals surface area contributed by atoms with Crippen molar-refractivity contribution in [3.8, 4) is 0 Å². The van der Waals surface area contributed by atoms with Crippen LogP contribution < -0.4 is 0 Å². The van der Waals surface area contributed by atoms with E-state index in [0.29, 0.717) is 5.15 Å². The highest BCUT2D eigenvalue weighted by Gasteiger charge is 2.06. The molecule has 0 atom stereocenters. The summed E-state index contributed by atoms with van der Waals surface area (Å²) >= 11 is 5.86. The molecule has 0 spiro atoms. The van der Waals surface area contributed by atoms with Gasteiger partial charge in [0.05, 0.1) is 5.52 Å². The molecule has 2 heterocycles. The number of aromatic nitrogens is 3. The third-order valence-corrected chi connectivity index (χ3v) is 2.26. The van der Waals surface area contributed by atoms with Crippen LogP contribution in [0.15, 0.2) is 12.3 Å². The van der Waals surface area contributed by atoms with Crippen LogP contribution in [0.3, 0.4) is 0 Å². The van der Waals surface area contributed by atoms with Crippen molar-refractivity contribution in [1.82, 2.24) is 14.5 Å². The van der Waals surface area contributed by atoms with Crippen LogP contribution >= 0.6 is 11.6 Å². The van der Waals surface area contributed by atoms with Gasteiger partial charge in [0.1, 0.15) is 11.3 Å². The number of imidazole rings is 1. The molecule has 2 aromatic heterocycles. The van der Waals surface area contributed by atoms with Crippen molar-refractivity contribution in [2.75, 3.05) is 0 Å². The summed E-state index contributed by atoms with van der Waals surface area (Å²) in [6.07, 6.45) is 1.69. The van der Waals surface area contributed by atoms with E-state index in [1.54, 1.807) is 6.20 Å². The predicted molar refractivity (Wildman–Crippen MR) is 48.3 cm³/mol. The molecule has 0 aliphatic carbocycles. The van der Waals surface area contributed by atoms with E-state index in [1.165, 1.54) is 0 Å². The fraction of sp³-hybridized carbons (Fsp3) is 0.250. The van der Waals surface area contributed by atoms with Crippen molar-refractivity contribution >= 4 is 22.6 Å². The SMILES string of the molecule is Cc1nc2c(Cl)nccc2n1C. The van der Waals surface area contributed by atoms with E-state index in [4.69, 9.17) is 11.6 Å². The molecule has 0 aromatic carbocycles. The molecule has 0 saturated heterocycles. The highest BCUT2D eigenvalue weighted by Crippen LogP contribution is 2.19. The summed E-state index contributed by atoms with van der Waals surface area (Å²) in [7, 11) is 1.96. The Balaban J connectivity index is 2.95. The molecule has 0 unspecified atom stereocenters. The van der Waals surface area contributed by atoms with E-state index in [9.17, 15) is 0 Å². The minimum absolute atomic E-state index is 0.469. The van der Waals surface area contributed by atoms with Gasteiger partial charge in [-0.3, -0.25) is 0 Å². The number of hydrogen-bond acceptors (Lipinski definition) is 2. The predicted octanol–water partition coefficient (Wildman–Crippen LogP) is 1.93. The van der Waals surface area contributed by atoms with Gasteiger partial charge in [-0.05, 0) is 13.0 Å². The van der Waals surface area contributed by atoms with Crippen LogP contribution in [0.1, 0.15) is 5.82 Å². The first-order chi connectivity index (χ1) is 5.70. The molecule has 62 valence electrons. The van der Waals surface area contributed by atoms with Crippen molar-refractivity contribution in [3.63, 3.8) is 0 Å². The molecular weight excluding hydrogens is 174 g/mol. The molecule has 2 aromatic rings. The first kappa shape index (κ1) is 7.55. The normalized spacial score (nSPS) is 10.9. The minimum atomic E-state index is 0.469. The Morgan fingerprint density at radius 3 is 2.92 bits per heavy atom. The molecule has 0 fully saturated rings. The number of hydrogen-bond donors (Lipinski definition) is 0. The third kappa shape index (κ3) is 0.898. The molecule has 0 aliphatic rings. The number of rotatable bonds is 0. The Kier molecular flexibility index (Phi) is 1.54. The summed E-state index contributed by atoms with van der Waals surface area (Å²) in [6.45, 7) is 1.94. The Morgan fingerprint density at radius 1 is 1.50 bits per heavy atom. The van der Waals surface area contributed by atoms with Gasteiger partial charge in [0.15, 0.2) is 5.15 Å². The van der Waals surface area contributed by atoms with Gasteiger partial charge in [0, 0.05) is 13.2 Å². The van der Waals surface area contributed by atoms with E-state index in [-0.39, 0.29) is 0 Å². The summed E-state index contributed by atoms with van der Waals surface area (Å²) in [5, 5.41) is 0.469. The molecule has 12 heavy (non-hydrogen) atoms. The molecule has 3 nitrogen and oxygen atoms in total. The van der Waals surface area contributed by atoms with Gasteiger partial charge in [0.2, 0.25) is 0 Å². The Morgan fingerprint density at radius 2 is 2.25 bits per heavy atom. The lowest BCUT2D eigenvalue weighted by Crippen LogP contribution is -1.89. The number of pyridine rings is 1. The molecule has 0 aliphatic heterocycles. The molecule has 4 heteroatoms. The van der Waals surface area contributed by atoms with Crippen LogP contribution in [-0.2, 0) is 7.05 Å². The lowest BCUT2D eigenvalue weighted by molar-refractivity contribution is 0.886. The number of fused-ring (bicyclic) bond motifs is 1. The van der Waals surface area contributed by atoms with Gasteiger partial charge in [-0.1, -0.05) is 11.6 Å². The lowest BCUT2D eigenvalue weighted by atomic mass is 10.4. The van der Waals surface area contributed by atoms with Crippen molar-refractivity contribution in [3.05, 3.63) is 23.2 Å². The maximum atomic E-state index is 5.86. The van der Waals surface area contributed by atoms with Gasteiger partial charge < -0.3 is 4.57 Å². The molecule has 0 N–H and O–H groups in total. The van der Waals surface area contributed by atoms with E-state index < -0.39 is 0 Å². The molecule has 0 bridgehead atoms. The second kappa shape index (κ2) is 2.45. The van der Waals surface area contributed by atoms with Crippen molar-refractivity contribution in [2.45, 2.75) is 6.92 Å². The maximum Gasteiger partial charge on any atom is 0.156 e.